The van der Waals surface area contributed by atoms with Crippen molar-refractivity contribution in [1.82, 2.24) is 5.32 Å². The van der Waals surface area contributed by atoms with E-state index in [1.165, 1.54) is 12.1 Å². The van der Waals surface area contributed by atoms with E-state index >= 15 is 0 Å². The summed E-state index contributed by atoms with van der Waals surface area (Å²) in [6.45, 7) is 3.13. The molecule has 0 spiro atoms. The molecule has 0 unspecified atom stereocenters. The molecule has 5 nitrogen and oxygen atoms in total. The first-order valence-corrected chi connectivity index (χ1v) is 8.52. The Balaban J connectivity index is 1.57. The fraction of sp³-hybridized carbons (Fsp3) is 0.588. The lowest BCUT2D eigenvalue weighted by atomic mass is 10.1. The van der Waals surface area contributed by atoms with Gasteiger partial charge in [-0.15, -0.1) is 0 Å². The fourth-order valence-electron chi connectivity index (χ4n) is 3.12. The molecule has 24 heavy (non-hydrogen) atoms. The number of nitrogens with one attached hydrogen (secondary N) is 1. The number of oxime groups is 1. The van der Waals surface area contributed by atoms with Gasteiger partial charge in [0.05, 0.1) is 11.4 Å². The number of nitrogens with two attached hydrogens (primary N) is 1. The molecule has 3 N–H and O–H groups in total. The Hall–Kier alpha value is -1.73. The van der Waals surface area contributed by atoms with Gasteiger partial charge in [0.1, 0.15) is 17.7 Å². The maximum Gasteiger partial charge on any atom is 0.147 e. The van der Waals surface area contributed by atoms with Gasteiger partial charge in [-0.05, 0) is 32.0 Å². The van der Waals surface area contributed by atoms with E-state index in [9.17, 15) is 8.78 Å². The highest BCUT2D eigenvalue weighted by molar-refractivity contribution is 5.86. The number of rotatable bonds is 4. The van der Waals surface area contributed by atoms with Gasteiger partial charge in [0.2, 0.25) is 0 Å². The Morgan fingerprint density at radius 3 is 2.54 bits per heavy atom. The van der Waals surface area contributed by atoms with Crippen LogP contribution in [0.4, 0.5) is 14.5 Å². The first-order chi connectivity index (χ1) is 11.7. The first-order valence-electron chi connectivity index (χ1n) is 8.52. The normalized spacial score (nSPS) is 19.5. The SMILES string of the molecule is NCc1cc(F)c(N2CCC(=NOC3CCNCC3)CC2)cc1F. The molecule has 1 aromatic carbocycles. The summed E-state index contributed by atoms with van der Waals surface area (Å²) in [4.78, 5) is 7.47. The van der Waals surface area contributed by atoms with Crippen LogP contribution >= 0.6 is 0 Å². The number of halogens is 2. The number of anilines is 1. The molecular weight excluding hydrogens is 314 g/mol. The number of benzene rings is 1. The topological polar surface area (TPSA) is 62.9 Å². The van der Waals surface area contributed by atoms with Crippen LogP contribution in [-0.4, -0.2) is 38.0 Å². The maximum atomic E-state index is 14.2. The van der Waals surface area contributed by atoms with Crippen molar-refractivity contribution in [3.63, 3.8) is 0 Å². The molecule has 2 heterocycles. The highest BCUT2D eigenvalue weighted by Crippen LogP contribution is 2.25. The smallest absolute Gasteiger partial charge is 0.147 e. The average molecular weight is 338 g/mol. The van der Waals surface area contributed by atoms with Crippen LogP contribution in [-0.2, 0) is 11.4 Å². The van der Waals surface area contributed by atoms with Gasteiger partial charge in [0.15, 0.2) is 0 Å². The highest BCUT2D eigenvalue weighted by atomic mass is 19.1. The molecule has 0 atom stereocenters. The Kier molecular flexibility index (Phi) is 5.63. The fourth-order valence-corrected chi connectivity index (χ4v) is 3.12. The second kappa shape index (κ2) is 7.90. The summed E-state index contributed by atoms with van der Waals surface area (Å²) in [5.41, 5.74) is 6.89. The van der Waals surface area contributed by atoms with Crippen LogP contribution in [0.2, 0.25) is 0 Å². The molecular formula is C17H24F2N4O. The minimum absolute atomic E-state index is 0.00609. The number of nitrogens with zero attached hydrogens (tertiary/aromatic N) is 2. The van der Waals surface area contributed by atoms with Crippen LogP contribution in [0.3, 0.4) is 0 Å². The van der Waals surface area contributed by atoms with Crippen LogP contribution < -0.4 is 16.0 Å². The lowest BCUT2D eigenvalue weighted by molar-refractivity contribution is 0.0368. The van der Waals surface area contributed by atoms with E-state index in [2.05, 4.69) is 10.5 Å². The molecule has 0 aromatic heterocycles. The van der Waals surface area contributed by atoms with Crippen molar-refractivity contribution in [2.45, 2.75) is 38.3 Å². The number of hydrogen-bond donors (Lipinski definition) is 2. The molecule has 2 aliphatic heterocycles. The summed E-state index contributed by atoms with van der Waals surface area (Å²) in [6, 6.07) is 2.43. The zero-order valence-electron chi connectivity index (χ0n) is 13.7. The standard InChI is InChI=1S/C17H24F2N4O/c18-15-10-17(16(19)9-12(15)11-20)23-7-3-13(4-8-23)22-24-14-1-5-21-6-2-14/h9-10,14,21H,1-8,11,20H2. The predicted molar refractivity (Wildman–Crippen MR) is 90.1 cm³/mol. The zero-order valence-corrected chi connectivity index (χ0v) is 13.7. The second-order valence-corrected chi connectivity index (χ2v) is 6.30. The largest absolute Gasteiger partial charge is 0.392 e. The lowest BCUT2D eigenvalue weighted by Crippen LogP contribution is -2.35. The van der Waals surface area contributed by atoms with Gasteiger partial charge in [0.25, 0.3) is 0 Å². The van der Waals surface area contributed by atoms with Gasteiger partial charge >= 0.3 is 0 Å². The Bertz CT molecular complexity index is 592. The van der Waals surface area contributed by atoms with Gasteiger partial charge in [0, 0.05) is 44.1 Å². The third-order valence-corrected chi connectivity index (χ3v) is 4.63. The molecule has 2 fully saturated rings. The second-order valence-electron chi connectivity index (χ2n) is 6.30. The average Bonchev–Trinajstić information content (AvgIpc) is 2.63. The van der Waals surface area contributed by atoms with E-state index in [1.54, 1.807) is 0 Å². The summed E-state index contributed by atoms with van der Waals surface area (Å²) < 4.78 is 28.0. The summed E-state index contributed by atoms with van der Waals surface area (Å²) in [6.07, 6.45) is 3.53. The van der Waals surface area contributed by atoms with Crippen LogP contribution in [0.1, 0.15) is 31.2 Å². The van der Waals surface area contributed by atoms with Crippen molar-refractivity contribution in [2.24, 2.45) is 10.9 Å². The quantitative estimate of drug-likeness (QED) is 0.826. The minimum atomic E-state index is -0.456. The van der Waals surface area contributed by atoms with Gasteiger partial charge in [-0.25, -0.2) is 8.78 Å². The molecule has 1 aromatic rings. The molecule has 2 aliphatic rings. The summed E-state index contributed by atoms with van der Waals surface area (Å²) in [5.74, 6) is -0.884. The van der Waals surface area contributed by atoms with E-state index in [-0.39, 0.29) is 18.2 Å². The lowest BCUT2D eigenvalue weighted by Gasteiger charge is -2.30. The van der Waals surface area contributed by atoms with Crippen molar-refractivity contribution in [3.8, 4) is 0 Å². The Morgan fingerprint density at radius 1 is 1.17 bits per heavy atom. The van der Waals surface area contributed by atoms with Crippen molar-refractivity contribution < 1.29 is 13.6 Å². The molecule has 132 valence electrons. The maximum absolute atomic E-state index is 14.2. The van der Waals surface area contributed by atoms with E-state index in [4.69, 9.17) is 10.6 Å². The van der Waals surface area contributed by atoms with E-state index < -0.39 is 11.6 Å². The summed E-state index contributed by atoms with van der Waals surface area (Å²) in [5, 5.41) is 7.57. The molecule has 0 radical (unpaired) electrons. The number of hydrogen-bond acceptors (Lipinski definition) is 5. The van der Waals surface area contributed by atoms with Crippen LogP contribution in [0, 0.1) is 11.6 Å². The zero-order chi connectivity index (χ0) is 16.9. The molecule has 0 aliphatic carbocycles. The van der Waals surface area contributed by atoms with Crippen LogP contribution in [0.5, 0.6) is 0 Å². The minimum Gasteiger partial charge on any atom is -0.392 e. The highest BCUT2D eigenvalue weighted by Gasteiger charge is 2.21. The third-order valence-electron chi connectivity index (χ3n) is 4.63. The van der Waals surface area contributed by atoms with Crippen molar-refractivity contribution in [2.75, 3.05) is 31.1 Å². The predicted octanol–water partition coefficient (Wildman–Crippen LogP) is 2.15. The molecule has 0 bridgehead atoms. The number of piperidine rings is 2. The van der Waals surface area contributed by atoms with Gasteiger partial charge < -0.3 is 20.8 Å². The van der Waals surface area contributed by atoms with Crippen molar-refractivity contribution >= 4 is 11.4 Å². The molecule has 2 saturated heterocycles. The van der Waals surface area contributed by atoms with E-state index in [0.717, 1.165) is 31.6 Å². The monoisotopic (exact) mass is 338 g/mol. The van der Waals surface area contributed by atoms with Crippen LogP contribution in [0.25, 0.3) is 0 Å². The summed E-state index contributed by atoms with van der Waals surface area (Å²) in [7, 11) is 0. The van der Waals surface area contributed by atoms with Gasteiger partial charge in [-0.2, -0.15) is 0 Å². The summed E-state index contributed by atoms with van der Waals surface area (Å²) >= 11 is 0. The third kappa shape index (κ3) is 4.02. The van der Waals surface area contributed by atoms with Crippen molar-refractivity contribution in [1.29, 1.82) is 0 Å². The van der Waals surface area contributed by atoms with E-state index in [0.29, 0.717) is 31.6 Å². The van der Waals surface area contributed by atoms with Crippen molar-refractivity contribution in [3.05, 3.63) is 29.3 Å². The van der Waals surface area contributed by atoms with Gasteiger partial charge in [-0.1, -0.05) is 5.16 Å². The molecule has 0 saturated carbocycles. The Labute approximate surface area is 140 Å². The van der Waals surface area contributed by atoms with Crippen LogP contribution in [0.15, 0.2) is 17.3 Å². The molecule has 3 rings (SSSR count). The van der Waals surface area contributed by atoms with E-state index in [1.807, 2.05) is 4.90 Å². The first kappa shape index (κ1) is 17.1. The molecule has 0 amide bonds. The Morgan fingerprint density at radius 2 is 1.88 bits per heavy atom. The molecule has 7 heteroatoms. The van der Waals surface area contributed by atoms with Gasteiger partial charge in [-0.3, -0.25) is 0 Å².